The van der Waals surface area contributed by atoms with Crippen molar-refractivity contribution in [3.63, 3.8) is 0 Å². The Balaban J connectivity index is 1.37. The normalized spacial score (nSPS) is 14.5. The first-order chi connectivity index (χ1) is 14.7. The number of rotatable bonds is 6. The minimum atomic E-state index is 0.00208. The first-order valence-corrected chi connectivity index (χ1v) is 10.5. The Hall–Kier alpha value is -2.89. The highest BCUT2D eigenvalue weighted by atomic mass is 35.5. The predicted molar refractivity (Wildman–Crippen MR) is 118 cm³/mol. The smallest absolute Gasteiger partial charge is 0.257 e. The molecule has 0 unspecified atom stereocenters. The molecule has 2 heterocycles. The van der Waals surface area contributed by atoms with Crippen LogP contribution in [-0.2, 0) is 13.2 Å². The number of aromatic nitrogens is 1. The summed E-state index contributed by atoms with van der Waals surface area (Å²) in [6, 6.07) is 20.9. The van der Waals surface area contributed by atoms with Crippen molar-refractivity contribution in [3.05, 3.63) is 94.8 Å². The Morgan fingerprint density at radius 1 is 0.933 bits per heavy atom. The third-order valence-corrected chi connectivity index (χ3v) is 5.60. The molecule has 1 aromatic heterocycles. The van der Waals surface area contributed by atoms with Crippen LogP contribution in [0, 0.1) is 0 Å². The molecule has 5 nitrogen and oxygen atoms in total. The van der Waals surface area contributed by atoms with Crippen molar-refractivity contribution in [3.8, 4) is 5.75 Å². The summed E-state index contributed by atoms with van der Waals surface area (Å²) in [5.41, 5.74) is 2.53. The molecule has 0 radical (unpaired) electrons. The van der Waals surface area contributed by atoms with Crippen LogP contribution in [0.15, 0.2) is 72.9 Å². The molecule has 0 aliphatic carbocycles. The van der Waals surface area contributed by atoms with Crippen molar-refractivity contribution in [2.45, 2.75) is 13.2 Å². The molecule has 0 atom stereocenters. The quantitative estimate of drug-likeness (QED) is 0.596. The average Bonchev–Trinajstić information content (AvgIpc) is 2.79. The number of nitrogens with zero attached hydrogens (tertiary/aromatic N) is 3. The summed E-state index contributed by atoms with van der Waals surface area (Å²) in [7, 11) is 0. The van der Waals surface area contributed by atoms with Gasteiger partial charge in [0.1, 0.15) is 12.4 Å². The molecule has 2 aromatic carbocycles. The average molecular weight is 422 g/mol. The second-order valence-corrected chi connectivity index (χ2v) is 7.67. The summed E-state index contributed by atoms with van der Waals surface area (Å²) in [4.78, 5) is 21.8. The highest BCUT2D eigenvalue weighted by Gasteiger charge is 2.24. The fraction of sp³-hybridized carbons (Fsp3) is 0.250. The number of piperazine rings is 1. The van der Waals surface area contributed by atoms with Crippen LogP contribution in [0.3, 0.4) is 0 Å². The topological polar surface area (TPSA) is 45.7 Å². The molecule has 3 aromatic rings. The highest BCUT2D eigenvalue weighted by molar-refractivity contribution is 6.31. The fourth-order valence-corrected chi connectivity index (χ4v) is 3.73. The first-order valence-electron chi connectivity index (χ1n) is 10.1. The predicted octanol–water partition coefficient (Wildman–Crippen LogP) is 4.27. The van der Waals surface area contributed by atoms with Crippen LogP contribution in [0.5, 0.6) is 5.75 Å². The monoisotopic (exact) mass is 421 g/mol. The molecule has 6 heteroatoms. The van der Waals surface area contributed by atoms with Gasteiger partial charge in [-0.25, -0.2) is 0 Å². The van der Waals surface area contributed by atoms with Gasteiger partial charge in [0, 0.05) is 49.5 Å². The lowest BCUT2D eigenvalue weighted by Gasteiger charge is -2.34. The minimum Gasteiger partial charge on any atom is -0.488 e. The number of halogens is 1. The van der Waals surface area contributed by atoms with Crippen LogP contribution < -0.4 is 4.74 Å². The molecule has 154 valence electrons. The first kappa shape index (κ1) is 20.4. The molecule has 1 aliphatic heterocycles. The van der Waals surface area contributed by atoms with E-state index in [0.717, 1.165) is 30.9 Å². The number of ether oxygens (including phenoxy) is 1. The number of hydrogen-bond acceptors (Lipinski definition) is 4. The van der Waals surface area contributed by atoms with E-state index in [4.69, 9.17) is 16.3 Å². The number of amides is 1. The van der Waals surface area contributed by atoms with Crippen LogP contribution in [0.4, 0.5) is 0 Å². The maximum absolute atomic E-state index is 13.2. The summed E-state index contributed by atoms with van der Waals surface area (Å²) in [5.74, 6) is 0.584. The molecule has 1 aliphatic rings. The largest absolute Gasteiger partial charge is 0.488 e. The highest BCUT2D eigenvalue weighted by Crippen LogP contribution is 2.24. The molecular formula is C24H24ClN3O2. The van der Waals surface area contributed by atoms with Crippen molar-refractivity contribution in [1.29, 1.82) is 0 Å². The third-order valence-electron chi connectivity index (χ3n) is 5.23. The van der Waals surface area contributed by atoms with E-state index in [1.54, 1.807) is 0 Å². The van der Waals surface area contributed by atoms with Crippen molar-refractivity contribution < 1.29 is 9.53 Å². The van der Waals surface area contributed by atoms with Gasteiger partial charge in [-0.05, 0) is 30.3 Å². The van der Waals surface area contributed by atoms with Gasteiger partial charge in [-0.1, -0.05) is 48.0 Å². The Labute approximate surface area is 181 Å². The molecule has 1 amide bonds. The van der Waals surface area contributed by atoms with Gasteiger partial charge in [0.25, 0.3) is 5.91 Å². The Morgan fingerprint density at radius 3 is 2.43 bits per heavy atom. The summed E-state index contributed by atoms with van der Waals surface area (Å²) in [6.07, 6.45) is 1.81. The van der Waals surface area contributed by atoms with E-state index in [1.165, 1.54) is 0 Å². The van der Waals surface area contributed by atoms with Gasteiger partial charge in [0.2, 0.25) is 0 Å². The summed E-state index contributed by atoms with van der Waals surface area (Å²) in [5, 5.41) is 0.658. The molecule has 30 heavy (non-hydrogen) atoms. The van der Waals surface area contributed by atoms with Crippen LogP contribution in [0.25, 0.3) is 0 Å². The maximum Gasteiger partial charge on any atom is 0.257 e. The molecule has 4 rings (SSSR count). The number of pyridine rings is 1. The molecule has 0 spiro atoms. The van der Waals surface area contributed by atoms with E-state index >= 15 is 0 Å². The van der Waals surface area contributed by atoms with Crippen LogP contribution >= 0.6 is 11.6 Å². The van der Waals surface area contributed by atoms with Crippen molar-refractivity contribution in [2.75, 3.05) is 26.2 Å². The van der Waals surface area contributed by atoms with Gasteiger partial charge in [0.05, 0.1) is 11.3 Å². The number of para-hydroxylation sites is 1. The molecular weight excluding hydrogens is 398 g/mol. The van der Waals surface area contributed by atoms with E-state index in [9.17, 15) is 4.79 Å². The maximum atomic E-state index is 13.2. The number of hydrogen-bond donors (Lipinski definition) is 0. The second-order valence-electron chi connectivity index (χ2n) is 7.27. The SMILES string of the molecule is O=C(c1ccccc1OCc1ccccc1Cl)N1CCN(Cc2ccccn2)CC1. The van der Waals surface area contributed by atoms with E-state index in [-0.39, 0.29) is 5.91 Å². The van der Waals surface area contributed by atoms with Crippen LogP contribution in [0.1, 0.15) is 21.6 Å². The zero-order chi connectivity index (χ0) is 20.8. The lowest BCUT2D eigenvalue weighted by atomic mass is 10.1. The molecule has 0 bridgehead atoms. The van der Waals surface area contributed by atoms with Gasteiger partial charge in [0.15, 0.2) is 0 Å². The molecule has 0 N–H and O–H groups in total. The molecule has 1 fully saturated rings. The number of benzene rings is 2. The molecule has 0 saturated carbocycles. The van der Waals surface area contributed by atoms with E-state index in [2.05, 4.69) is 9.88 Å². The van der Waals surface area contributed by atoms with Crippen LogP contribution in [0.2, 0.25) is 5.02 Å². The fourth-order valence-electron chi connectivity index (χ4n) is 3.54. The third kappa shape index (κ3) is 4.99. The number of carbonyl (C=O) groups is 1. The minimum absolute atomic E-state index is 0.00208. The zero-order valence-corrected chi connectivity index (χ0v) is 17.5. The van der Waals surface area contributed by atoms with Crippen LogP contribution in [-0.4, -0.2) is 46.9 Å². The van der Waals surface area contributed by atoms with Gasteiger partial charge < -0.3 is 9.64 Å². The van der Waals surface area contributed by atoms with E-state index in [0.29, 0.717) is 36.0 Å². The molecule has 1 saturated heterocycles. The summed E-state index contributed by atoms with van der Waals surface area (Å²) < 4.78 is 5.97. The van der Waals surface area contributed by atoms with Crippen molar-refractivity contribution in [1.82, 2.24) is 14.8 Å². The summed E-state index contributed by atoms with van der Waals surface area (Å²) >= 11 is 6.22. The standard InChI is InChI=1S/C24H24ClN3O2/c25-22-10-3-1-7-19(22)18-30-23-11-4-2-9-21(23)24(29)28-15-13-27(14-16-28)17-20-8-5-6-12-26-20/h1-12H,13-18H2. The van der Waals surface area contributed by atoms with E-state index in [1.807, 2.05) is 77.8 Å². The van der Waals surface area contributed by atoms with Gasteiger partial charge in [-0.3, -0.25) is 14.7 Å². The second kappa shape index (κ2) is 9.74. The Bertz CT molecular complexity index is 989. The summed E-state index contributed by atoms with van der Waals surface area (Å²) in [6.45, 7) is 4.15. The van der Waals surface area contributed by atoms with Gasteiger partial charge >= 0.3 is 0 Å². The van der Waals surface area contributed by atoms with Crippen molar-refractivity contribution >= 4 is 17.5 Å². The lowest BCUT2D eigenvalue weighted by molar-refractivity contribution is 0.0622. The Morgan fingerprint density at radius 2 is 1.67 bits per heavy atom. The number of carbonyl (C=O) groups excluding carboxylic acids is 1. The van der Waals surface area contributed by atoms with Gasteiger partial charge in [-0.15, -0.1) is 0 Å². The van der Waals surface area contributed by atoms with E-state index < -0.39 is 0 Å². The zero-order valence-electron chi connectivity index (χ0n) is 16.7. The van der Waals surface area contributed by atoms with Gasteiger partial charge in [-0.2, -0.15) is 0 Å². The Kier molecular flexibility index (Phi) is 6.62. The lowest BCUT2D eigenvalue weighted by Crippen LogP contribution is -2.48. The van der Waals surface area contributed by atoms with Crippen molar-refractivity contribution in [2.24, 2.45) is 0 Å².